The van der Waals surface area contributed by atoms with Crippen LogP contribution in [0.1, 0.15) is 0 Å². The Balaban J connectivity index is 2.27. The molecule has 2 rings (SSSR count). The van der Waals surface area contributed by atoms with Gasteiger partial charge in [-0.1, -0.05) is 0 Å². The van der Waals surface area contributed by atoms with Crippen molar-refractivity contribution in [3.05, 3.63) is 11.5 Å². The number of carbonyl (C=O) groups is 1. The quantitative estimate of drug-likeness (QED) is 0.178. The molecule has 2 aliphatic heterocycles. The van der Waals surface area contributed by atoms with E-state index in [1.165, 1.54) is 4.72 Å². The normalized spacial score (nSPS) is 39.5. The Hall–Kier alpha value is -1.60. The van der Waals surface area contributed by atoms with Crippen molar-refractivity contribution >= 4 is 16.3 Å². The van der Waals surface area contributed by atoms with Gasteiger partial charge in [-0.25, -0.2) is 4.79 Å². The summed E-state index contributed by atoms with van der Waals surface area (Å²) in [5.41, 5.74) is 0. The van der Waals surface area contributed by atoms with Gasteiger partial charge in [0.2, 0.25) is 12.0 Å². The van der Waals surface area contributed by atoms with Gasteiger partial charge in [0, 0.05) is 0 Å². The first-order valence-corrected chi connectivity index (χ1v) is 9.03. The van der Waals surface area contributed by atoms with Gasteiger partial charge in [-0.2, -0.15) is 13.1 Å². The summed E-state index contributed by atoms with van der Waals surface area (Å²) in [5, 5.41) is 67.5. The van der Waals surface area contributed by atoms with Crippen LogP contribution in [0.2, 0.25) is 0 Å². The van der Waals surface area contributed by atoms with E-state index in [1.54, 1.807) is 0 Å². The molecule has 0 radical (unpaired) electrons. The highest BCUT2D eigenvalue weighted by atomic mass is 32.2. The predicted octanol–water partition coefficient (Wildman–Crippen LogP) is -4.86. The van der Waals surface area contributed by atoms with Gasteiger partial charge in [-0.05, 0) is 0 Å². The molecule has 2 heterocycles. The van der Waals surface area contributed by atoms with E-state index in [-0.39, 0.29) is 0 Å². The molecule has 9 N–H and O–H groups in total. The van der Waals surface area contributed by atoms with Gasteiger partial charge in [0.1, 0.15) is 36.6 Å². The summed E-state index contributed by atoms with van der Waals surface area (Å²) in [5.74, 6) is -4.18. The first kappa shape index (κ1) is 22.7. The minimum atomic E-state index is -4.92. The molecule has 8 atom stereocenters. The highest BCUT2D eigenvalue weighted by molar-refractivity contribution is 7.83. The van der Waals surface area contributed by atoms with Crippen LogP contribution in [0.25, 0.3) is 0 Å². The highest BCUT2D eigenvalue weighted by Gasteiger charge is 2.50. The van der Waals surface area contributed by atoms with Gasteiger partial charge in [-0.15, -0.1) is 0 Å². The minimum absolute atomic E-state index is 0.893. The van der Waals surface area contributed by atoms with Gasteiger partial charge >= 0.3 is 16.3 Å². The van der Waals surface area contributed by atoms with E-state index in [2.05, 4.69) is 0 Å². The summed E-state index contributed by atoms with van der Waals surface area (Å²) >= 11 is 0. The van der Waals surface area contributed by atoms with E-state index >= 15 is 0 Å². The first-order valence-electron chi connectivity index (χ1n) is 7.59. The third-order valence-electron chi connectivity index (χ3n) is 3.99. The average molecular weight is 433 g/mol. The molecule has 0 spiro atoms. The lowest BCUT2D eigenvalue weighted by Gasteiger charge is -2.44. The molecular formula is C12H19NO14S. The molecule has 28 heavy (non-hydrogen) atoms. The van der Waals surface area contributed by atoms with Crippen molar-refractivity contribution in [1.29, 1.82) is 0 Å². The van der Waals surface area contributed by atoms with Crippen molar-refractivity contribution in [1.82, 2.24) is 4.72 Å². The van der Waals surface area contributed by atoms with Crippen molar-refractivity contribution < 1.29 is 67.7 Å². The monoisotopic (exact) mass is 433 g/mol. The zero-order valence-corrected chi connectivity index (χ0v) is 14.6. The lowest BCUT2D eigenvalue weighted by atomic mass is 9.97. The summed E-state index contributed by atoms with van der Waals surface area (Å²) in [6.07, 6.45) is -13.5. The molecule has 1 saturated heterocycles. The first-order chi connectivity index (χ1) is 12.9. The van der Waals surface area contributed by atoms with Crippen LogP contribution < -0.4 is 4.72 Å². The number of aliphatic hydroxyl groups excluding tert-OH is 6. The van der Waals surface area contributed by atoms with Crippen LogP contribution in [0.3, 0.4) is 0 Å². The number of hydrogen-bond donors (Lipinski definition) is 9. The van der Waals surface area contributed by atoms with E-state index in [4.69, 9.17) is 23.9 Å². The van der Waals surface area contributed by atoms with Crippen LogP contribution in [0.5, 0.6) is 0 Å². The van der Waals surface area contributed by atoms with Gasteiger partial charge < -0.3 is 50.0 Å². The fourth-order valence-electron chi connectivity index (χ4n) is 2.66. The number of aliphatic carboxylic acids is 1. The lowest BCUT2D eigenvalue weighted by Crippen LogP contribution is -2.66. The molecule has 0 saturated carbocycles. The number of carboxylic acid groups (broad SMARTS) is 1. The molecule has 0 aromatic carbocycles. The number of hydrogen-bond acceptors (Lipinski definition) is 12. The Morgan fingerprint density at radius 3 is 2.29 bits per heavy atom. The summed E-state index contributed by atoms with van der Waals surface area (Å²) in [7, 11) is -4.92. The Kier molecular flexibility index (Phi) is 6.82. The molecule has 16 heteroatoms. The van der Waals surface area contributed by atoms with Crippen LogP contribution in [-0.4, -0.2) is 110 Å². The maximum Gasteiger partial charge on any atom is 0.375 e. The van der Waals surface area contributed by atoms with E-state index in [0.717, 1.165) is 0 Å². The molecule has 0 aliphatic carbocycles. The molecule has 15 nitrogen and oxygen atoms in total. The molecule has 0 aromatic heterocycles. The minimum Gasteiger partial charge on any atom is -0.506 e. The summed E-state index contributed by atoms with van der Waals surface area (Å²) in [6, 6.07) is -1.89. The van der Waals surface area contributed by atoms with E-state index in [1.807, 2.05) is 0 Å². The Morgan fingerprint density at radius 2 is 1.79 bits per heavy atom. The van der Waals surface area contributed by atoms with Crippen LogP contribution in [-0.2, 0) is 29.3 Å². The van der Waals surface area contributed by atoms with Crippen molar-refractivity contribution in [3.63, 3.8) is 0 Å². The van der Waals surface area contributed by atoms with Crippen molar-refractivity contribution in [2.45, 2.75) is 49.1 Å². The number of ether oxygens (including phenoxy) is 3. The van der Waals surface area contributed by atoms with Crippen molar-refractivity contribution in [2.75, 3.05) is 6.61 Å². The zero-order chi connectivity index (χ0) is 21.4. The molecule has 0 aromatic rings. The third kappa shape index (κ3) is 4.69. The topological polar surface area (TPSA) is 253 Å². The third-order valence-corrected chi connectivity index (χ3v) is 4.56. The van der Waals surface area contributed by atoms with Crippen LogP contribution >= 0.6 is 0 Å². The second-order valence-corrected chi connectivity index (χ2v) is 7.08. The van der Waals surface area contributed by atoms with Crippen LogP contribution in [0.15, 0.2) is 11.5 Å². The van der Waals surface area contributed by atoms with E-state index in [0.29, 0.717) is 0 Å². The fraction of sp³-hybridized carbons (Fsp3) is 0.750. The van der Waals surface area contributed by atoms with Gasteiger partial charge in [0.05, 0.1) is 6.61 Å². The zero-order valence-electron chi connectivity index (χ0n) is 13.8. The number of rotatable bonds is 6. The van der Waals surface area contributed by atoms with Crippen molar-refractivity contribution in [2.24, 2.45) is 0 Å². The van der Waals surface area contributed by atoms with E-state index in [9.17, 15) is 43.9 Å². The largest absolute Gasteiger partial charge is 0.506 e. The van der Waals surface area contributed by atoms with Gasteiger partial charge in [0.25, 0.3) is 0 Å². The molecule has 162 valence electrons. The predicted molar refractivity (Wildman–Crippen MR) is 81.5 cm³/mol. The van der Waals surface area contributed by atoms with Crippen LogP contribution in [0.4, 0.5) is 0 Å². The Labute approximate surface area is 156 Å². The Bertz CT molecular complexity index is 724. The maximum absolute atomic E-state index is 11.0. The van der Waals surface area contributed by atoms with Crippen molar-refractivity contribution in [3.8, 4) is 0 Å². The van der Waals surface area contributed by atoms with Gasteiger partial charge in [0.15, 0.2) is 12.0 Å². The SMILES string of the molecule is O=C(O)C1=C(O)[C@H](O)[C@@H](O)[C@H](O[C@H]2[C@H](O)[C@@H](NS(=O)(=O)O)C(O)O[C@@H]2CO)O1. The average Bonchev–Trinajstić information content (AvgIpc) is 2.59. The molecule has 2 aliphatic rings. The summed E-state index contributed by atoms with van der Waals surface area (Å²) < 4.78 is 47.0. The van der Waals surface area contributed by atoms with Gasteiger partial charge in [-0.3, -0.25) is 4.55 Å². The lowest BCUT2D eigenvalue weighted by molar-refractivity contribution is -0.308. The summed E-state index contributed by atoms with van der Waals surface area (Å²) in [6.45, 7) is -0.893. The molecule has 1 fully saturated rings. The number of nitrogens with one attached hydrogen (secondary N) is 1. The maximum atomic E-state index is 11.0. The second-order valence-electron chi connectivity index (χ2n) is 5.90. The molecule has 1 unspecified atom stereocenters. The van der Waals surface area contributed by atoms with Crippen LogP contribution in [0, 0.1) is 0 Å². The Morgan fingerprint density at radius 1 is 1.18 bits per heavy atom. The standard InChI is InChI=1S/C12H19NO14S/c14-1-2-8(4(15)3(11(21)25-2)13-28(22,23)24)26-12-7(18)5(16)6(17)9(27-12)10(19)20/h2-5,7-8,11-18,21H,1H2,(H,19,20)(H,22,23,24)/t2-,3-,4-,5+,7-,8-,11?,12-/m1/s1. The van der Waals surface area contributed by atoms with E-state index < -0.39 is 83.5 Å². The molecule has 0 bridgehead atoms. The smallest absolute Gasteiger partial charge is 0.375 e. The number of carboxylic acids is 1. The molecule has 0 amide bonds. The summed E-state index contributed by atoms with van der Waals surface area (Å²) in [4.78, 5) is 11.0. The fourth-order valence-corrected chi connectivity index (χ4v) is 3.26. The second kappa shape index (κ2) is 8.41. The highest BCUT2D eigenvalue weighted by Crippen LogP contribution is 2.29. The number of aliphatic hydroxyl groups is 6. The molecular weight excluding hydrogens is 414 g/mol.